The Morgan fingerprint density at radius 1 is 1.16 bits per heavy atom. The smallest absolute Gasteiger partial charge is 0.433 e. The maximum atomic E-state index is 13.4. The largest absolute Gasteiger partial charge is 0.435 e. The molecule has 0 aliphatic rings. The van der Waals surface area contributed by atoms with Crippen LogP contribution < -0.4 is 4.74 Å². The Morgan fingerprint density at radius 3 is 2.36 bits per heavy atom. The Balaban J connectivity index is 2.15. The maximum Gasteiger partial charge on any atom is 0.433 e. The monoisotopic (exact) mass is 421 g/mol. The number of ether oxygens (including phenoxy) is 1. The first-order valence-electron chi connectivity index (χ1n) is 6.85. The van der Waals surface area contributed by atoms with Crippen molar-refractivity contribution in [1.82, 2.24) is 14.6 Å². The Morgan fingerprint density at radius 2 is 1.80 bits per heavy atom. The highest BCUT2D eigenvalue weighted by Gasteiger charge is 2.35. The zero-order valence-corrected chi connectivity index (χ0v) is 14.1. The van der Waals surface area contributed by atoms with E-state index in [1.807, 2.05) is 0 Å². The van der Waals surface area contributed by atoms with E-state index in [1.165, 1.54) is 24.3 Å². The summed E-state index contributed by atoms with van der Waals surface area (Å²) in [6.07, 6.45) is -4.65. The third-order valence-corrected chi connectivity index (χ3v) is 4.29. The van der Waals surface area contributed by atoms with Gasteiger partial charge in [0.1, 0.15) is 5.75 Å². The van der Waals surface area contributed by atoms with Crippen molar-refractivity contribution < 1.29 is 26.7 Å². The summed E-state index contributed by atoms with van der Waals surface area (Å²) in [5.74, 6) is -0.0998. The van der Waals surface area contributed by atoms with Crippen molar-refractivity contribution in [2.75, 3.05) is 0 Å². The normalized spacial score (nSPS) is 12.2. The van der Waals surface area contributed by atoms with Crippen LogP contribution in [0.4, 0.5) is 22.0 Å². The van der Waals surface area contributed by atoms with Crippen LogP contribution >= 0.6 is 15.9 Å². The van der Waals surface area contributed by atoms with Gasteiger partial charge in [-0.1, -0.05) is 0 Å². The van der Waals surface area contributed by atoms with Crippen LogP contribution in [0.1, 0.15) is 11.4 Å². The fourth-order valence-electron chi connectivity index (χ4n) is 2.25. The Labute approximate surface area is 146 Å². The number of aromatic nitrogens is 3. The van der Waals surface area contributed by atoms with E-state index in [-0.39, 0.29) is 17.1 Å². The molecule has 3 aromatic rings. The number of hydrogen-bond acceptors (Lipinski definition) is 3. The van der Waals surface area contributed by atoms with Gasteiger partial charge in [0.15, 0.2) is 11.3 Å². The molecule has 10 heteroatoms. The van der Waals surface area contributed by atoms with Crippen molar-refractivity contribution in [2.45, 2.75) is 19.7 Å². The maximum absolute atomic E-state index is 13.4. The van der Waals surface area contributed by atoms with E-state index in [0.29, 0.717) is 15.7 Å². The number of alkyl halides is 5. The van der Waals surface area contributed by atoms with Crippen LogP contribution in [0.3, 0.4) is 0 Å². The van der Waals surface area contributed by atoms with Gasteiger partial charge in [0.25, 0.3) is 0 Å². The predicted octanol–water partition coefficient (Wildman–Crippen LogP) is 5.09. The summed E-state index contributed by atoms with van der Waals surface area (Å²) in [6, 6.07) is 6.03. The molecule has 0 bridgehead atoms. The Kier molecular flexibility index (Phi) is 4.40. The standard InChI is InChI=1S/C15H9BrF5N3O/c1-7-12(16)13-22-10(6-11(15(19,20)21)24(13)23-7)8-2-4-9(5-3-8)25-14(17)18/h2-6,14H,1H3. The first kappa shape index (κ1) is 17.6. The number of nitrogens with zero attached hydrogens (tertiary/aromatic N) is 3. The lowest BCUT2D eigenvalue weighted by atomic mass is 10.1. The van der Waals surface area contributed by atoms with Crippen LogP contribution in [0.5, 0.6) is 5.75 Å². The molecule has 0 atom stereocenters. The van der Waals surface area contributed by atoms with Crippen molar-refractivity contribution in [1.29, 1.82) is 0 Å². The Bertz CT molecular complexity index is 922. The van der Waals surface area contributed by atoms with E-state index in [2.05, 4.69) is 30.7 Å². The van der Waals surface area contributed by atoms with Gasteiger partial charge in [-0.15, -0.1) is 0 Å². The molecular weight excluding hydrogens is 413 g/mol. The average molecular weight is 422 g/mol. The van der Waals surface area contributed by atoms with Gasteiger partial charge in [0.2, 0.25) is 0 Å². The topological polar surface area (TPSA) is 39.4 Å². The van der Waals surface area contributed by atoms with Crippen LogP contribution in [-0.2, 0) is 6.18 Å². The SMILES string of the molecule is Cc1nn2c(C(F)(F)F)cc(-c3ccc(OC(F)F)cc3)nc2c1Br. The van der Waals surface area contributed by atoms with Gasteiger partial charge in [0.05, 0.1) is 15.9 Å². The quantitative estimate of drug-likeness (QED) is 0.553. The summed E-state index contributed by atoms with van der Waals surface area (Å²) in [7, 11) is 0. The molecule has 0 aliphatic heterocycles. The van der Waals surface area contributed by atoms with Crippen LogP contribution in [0.25, 0.3) is 16.9 Å². The molecule has 25 heavy (non-hydrogen) atoms. The molecule has 0 aliphatic carbocycles. The zero-order chi connectivity index (χ0) is 18.4. The van der Waals surface area contributed by atoms with Crippen molar-refractivity contribution in [2.24, 2.45) is 0 Å². The molecule has 0 radical (unpaired) electrons. The molecule has 3 rings (SSSR count). The van der Waals surface area contributed by atoms with Gasteiger partial charge in [-0.25, -0.2) is 9.50 Å². The van der Waals surface area contributed by atoms with Gasteiger partial charge in [0, 0.05) is 5.56 Å². The summed E-state index contributed by atoms with van der Waals surface area (Å²) in [5.41, 5.74) is -0.273. The third kappa shape index (κ3) is 3.44. The second-order valence-corrected chi connectivity index (χ2v) is 5.86. The van der Waals surface area contributed by atoms with Gasteiger partial charge in [-0.3, -0.25) is 0 Å². The summed E-state index contributed by atoms with van der Waals surface area (Å²) in [6.45, 7) is -1.43. The van der Waals surface area contributed by atoms with E-state index in [4.69, 9.17) is 0 Å². The summed E-state index contributed by atoms with van der Waals surface area (Å²) in [4.78, 5) is 4.20. The van der Waals surface area contributed by atoms with Crippen LogP contribution in [0.2, 0.25) is 0 Å². The number of fused-ring (bicyclic) bond motifs is 1. The average Bonchev–Trinajstić information content (AvgIpc) is 2.81. The molecule has 1 aromatic carbocycles. The predicted molar refractivity (Wildman–Crippen MR) is 82.5 cm³/mol. The highest BCUT2D eigenvalue weighted by atomic mass is 79.9. The van der Waals surface area contributed by atoms with Gasteiger partial charge in [-0.2, -0.15) is 27.1 Å². The molecule has 0 fully saturated rings. The number of halogens is 6. The van der Waals surface area contributed by atoms with Crippen molar-refractivity contribution in [3.63, 3.8) is 0 Å². The molecule has 2 heterocycles. The molecule has 2 aromatic heterocycles. The molecule has 0 spiro atoms. The highest BCUT2D eigenvalue weighted by molar-refractivity contribution is 9.10. The minimum atomic E-state index is -4.65. The molecule has 4 nitrogen and oxygen atoms in total. The van der Waals surface area contributed by atoms with Gasteiger partial charge >= 0.3 is 12.8 Å². The lowest BCUT2D eigenvalue weighted by molar-refractivity contribution is -0.142. The van der Waals surface area contributed by atoms with E-state index >= 15 is 0 Å². The molecule has 0 saturated heterocycles. The zero-order valence-electron chi connectivity index (χ0n) is 12.5. The molecule has 132 valence electrons. The Hall–Kier alpha value is -2.23. The number of rotatable bonds is 3. The van der Waals surface area contributed by atoms with Crippen LogP contribution in [0.15, 0.2) is 34.8 Å². The van der Waals surface area contributed by atoms with Crippen LogP contribution in [-0.4, -0.2) is 21.2 Å². The van der Waals surface area contributed by atoms with E-state index in [1.54, 1.807) is 6.92 Å². The molecule has 0 unspecified atom stereocenters. The summed E-state index contributed by atoms with van der Waals surface area (Å²) in [5, 5.41) is 3.84. The lowest BCUT2D eigenvalue weighted by Crippen LogP contribution is -2.13. The number of aryl methyl sites for hydroxylation is 1. The molecule has 0 N–H and O–H groups in total. The number of benzene rings is 1. The third-order valence-electron chi connectivity index (χ3n) is 3.36. The second kappa shape index (κ2) is 6.25. The molecular formula is C15H9BrF5N3O. The van der Waals surface area contributed by atoms with E-state index in [9.17, 15) is 22.0 Å². The fraction of sp³-hybridized carbons (Fsp3) is 0.200. The van der Waals surface area contributed by atoms with Crippen molar-refractivity contribution in [3.8, 4) is 17.0 Å². The summed E-state index contributed by atoms with van der Waals surface area (Å²) >= 11 is 3.18. The highest BCUT2D eigenvalue weighted by Crippen LogP contribution is 2.34. The van der Waals surface area contributed by atoms with Crippen LogP contribution in [0, 0.1) is 6.92 Å². The molecule has 0 amide bonds. The second-order valence-electron chi connectivity index (χ2n) is 5.06. The van der Waals surface area contributed by atoms with Gasteiger partial charge < -0.3 is 4.74 Å². The van der Waals surface area contributed by atoms with Gasteiger partial charge in [-0.05, 0) is 53.2 Å². The summed E-state index contributed by atoms with van der Waals surface area (Å²) < 4.78 is 69.7. The minimum absolute atomic E-state index is 0.00947. The van der Waals surface area contributed by atoms with E-state index in [0.717, 1.165) is 10.6 Å². The first-order valence-corrected chi connectivity index (χ1v) is 7.64. The number of hydrogen-bond donors (Lipinski definition) is 0. The van der Waals surface area contributed by atoms with Crippen molar-refractivity contribution in [3.05, 3.63) is 46.2 Å². The molecule has 0 saturated carbocycles. The minimum Gasteiger partial charge on any atom is -0.435 e. The van der Waals surface area contributed by atoms with Crippen molar-refractivity contribution >= 4 is 21.6 Å². The fourth-order valence-corrected chi connectivity index (χ4v) is 2.59. The first-order chi connectivity index (χ1) is 11.7. The lowest BCUT2D eigenvalue weighted by Gasteiger charge is -2.11. The van der Waals surface area contributed by atoms with E-state index < -0.39 is 18.5 Å².